The van der Waals surface area contributed by atoms with Crippen LogP contribution in [0.25, 0.3) is 0 Å². The molecule has 1 heterocycles. The lowest BCUT2D eigenvalue weighted by Gasteiger charge is -2.17. The van der Waals surface area contributed by atoms with E-state index in [1.807, 2.05) is 13.2 Å². The van der Waals surface area contributed by atoms with Crippen molar-refractivity contribution in [1.82, 2.24) is 20.0 Å². The Morgan fingerprint density at radius 3 is 2.82 bits per heavy atom. The van der Waals surface area contributed by atoms with Crippen LogP contribution < -0.4 is 5.32 Å². The number of hydrogen-bond acceptors (Lipinski definition) is 2. The van der Waals surface area contributed by atoms with E-state index in [2.05, 4.69) is 10.4 Å². The molecule has 116 valence electrons. The summed E-state index contributed by atoms with van der Waals surface area (Å²) in [6.07, 6.45) is 4.54. The summed E-state index contributed by atoms with van der Waals surface area (Å²) in [5.41, 5.74) is 2.06. The van der Waals surface area contributed by atoms with Crippen molar-refractivity contribution < 1.29 is 9.18 Å². The van der Waals surface area contributed by atoms with Gasteiger partial charge in [-0.1, -0.05) is 12.1 Å². The first-order chi connectivity index (χ1) is 10.5. The summed E-state index contributed by atoms with van der Waals surface area (Å²) in [6, 6.07) is 6.52. The van der Waals surface area contributed by atoms with Gasteiger partial charge in [0.2, 0.25) is 0 Å². The number of carbonyl (C=O) groups is 1. The number of nitrogens with zero attached hydrogens (tertiary/aromatic N) is 3. The molecule has 1 aliphatic rings. The molecule has 0 spiro atoms. The van der Waals surface area contributed by atoms with E-state index in [1.54, 1.807) is 35.0 Å². The van der Waals surface area contributed by atoms with E-state index in [0.717, 1.165) is 17.5 Å². The van der Waals surface area contributed by atoms with E-state index < -0.39 is 0 Å². The third-order valence-electron chi connectivity index (χ3n) is 3.92. The summed E-state index contributed by atoms with van der Waals surface area (Å²) >= 11 is 0. The fourth-order valence-corrected chi connectivity index (χ4v) is 2.60. The van der Waals surface area contributed by atoms with Gasteiger partial charge in [0, 0.05) is 37.8 Å². The van der Waals surface area contributed by atoms with Crippen molar-refractivity contribution in [3.63, 3.8) is 0 Å². The van der Waals surface area contributed by atoms with E-state index in [1.165, 1.54) is 12.1 Å². The molecule has 2 atom stereocenters. The Morgan fingerprint density at radius 1 is 1.45 bits per heavy atom. The Hall–Kier alpha value is -2.37. The summed E-state index contributed by atoms with van der Waals surface area (Å²) in [6.45, 7) is 0.521. The van der Waals surface area contributed by atoms with Gasteiger partial charge in [-0.3, -0.25) is 4.68 Å². The van der Waals surface area contributed by atoms with Crippen molar-refractivity contribution in [2.45, 2.75) is 24.9 Å². The first kappa shape index (κ1) is 14.6. The van der Waals surface area contributed by atoms with Gasteiger partial charge in [0.15, 0.2) is 0 Å². The monoisotopic (exact) mass is 302 g/mol. The predicted octanol–water partition coefficient (Wildman–Crippen LogP) is 2.26. The molecule has 1 saturated carbocycles. The minimum Gasteiger partial charge on any atom is -0.335 e. The van der Waals surface area contributed by atoms with Gasteiger partial charge in [-0.25, -0.2) is 9.18 Å². The number of aromatic nitrogens is 2. The molecule has 0 saturated heterocycles. The lowest BCUT2D eigenvalue weighted by atomic mass is 10.1. The van der Waals surface area contributed by atoms with Gasteiger partial charge in [-0.2, -0.15) is 5.10 Å². The molecule has 1 fully saturated rings. The van der Waals surface area contributed by atoms with Crippen LogP contribution in [0.4, 0.5) is 9.18 Å². The Labute approximate surface area is 128 Å². The topological polar surface area (TPSA) is 50.2 Å². The Morgan fingerprint density at radius 2 is 2.18 bits per heavy atom. The van der Waals surface area contributed by atoms with E-state index in [9.17, 15) is 9.18 Å². The van der Waals surface area contributed by atoms with Crippen LogP contribution in [0, 0.1) is 5.82 Å². The zero-order chi connectivity index (χ0) is 15.7. The zero-order valence-electron chi connectivity index (χ0n) is 12.7. The van der Waals surface area contributed by atoms with Crippen molar-refractivity contribution in [1.29, 1.82) is 0 Å². The number of amides is 2. The highest BCUT2D eigenvalue weighted by atomic mass is 19.1. The minimum atomic E-state index is -0.235. The number of nitrogens with one attached hydrogen (secondary N) is 1. The molecule has 0 aliphatic heterocycles. The summed E-state index contributed by atoms with van der Waals surface area (Å²) < 4.78 is 14.6. The van der Waals surface area contributed by atoms with Gasteiger partial charge in [0.25, 0.3) is 0 Å². The Kier molecular flexibility index (Phi) is 3.83. The molecule has 1 aliphatic carbocycles. The van der Waals surface area contributed by atoms with Gasteiger partial charge in [-0.15, -0.1) is 0 Å². The Bertz CT molecular complexity index is 667. The normalized spacial score (nSPS) is 19.8. The SMILES string of the molecule is CN(Cc1cnn(C)c1)C(=O)N[C@@H]1C[C@H]1c1ccc(F)cc1. The van der Waals surface area contributed by atoms with E-state index in [4.69, 9.17) is 0 Å². The molecule has 1 aromatic heterocycles. The maximum Gasteiger partial charge on any atom is 0.317 e. The number of urea groups is 1. The minimum absolute atomic E-state index is 0.0986. The van der Waals surface area contributed by atoms with Gasteiger partial charge < -0.3 is 10.2 Å². The van der Waals surface area contributed by atoms with E-state index in [-0.39, 0.29) is 23.8 Å². The maximum absolute atomic E-state index is 12.9. The summed E-state index contributed by atoms with van der Waals surface area (Å²) in [4.78, 5) is 13.8. The highest BCUT2D eigenvalue weighted by molar-refractivity contribution is 5.74. The molecule has 6 heteroatoms. The molecule has 0 unspecified atom stereocenters. The molecule has 22 heavy (non-hydrogen) atoms. The predicted molar refractivity (Wildman–Crippen MR) is 80.8 cm³/mol. The van der Waals surface area contributed by atoms with Crippen molar-refractivity contribution in [3.05, 3.63) is 53.6 Å². The summed E-state index contributed by atoms with van der Waals surface area (Å²) in [7, 11) is 3.61. The van der Waals surface area contributed by atoms with Gasteiger partial charge >= 0.3 is 6.03 Å². The number of rotatable bonds is 4. The van der Waals surface area contributed by atoms with Crippen LogP contribution in [0.1, 0.15) is 23.5 Å². The maximum atomic E-state index is 12.9. The van der Waals surface area contributed by atoms with Crippen LogP contribution in [-0.4, -0.2) is 33.8 Å². The number of benzene rings is 1. The van der Waals surface area contributed by atoms with Crippen molar-refractivity contribution in [3.8, 4) is 0 Å². The molecule has 0 radical (unpaired) electrons. The molecular formula is C16H19FN4O. The molecule has 3 rings (SSSR count). The largest absolute Gasteiger partial charge is 0.335 e. The van der Waals surface area contributed by atoms with E-state index >= 15 is 0 Å². The molecule has 1 aromatic carbocycles. The van der Waals surface area contributed by atoms with Crippen LogP contribution in [0.3, 0.4) is 0 Å². The fraction of sp³-hybridized carbons (Fsp3) is 0.375. The number of aryl methyl sites for hydroxylation is 1. The smallest absolute Gasteiger partial charge is 0.317 e. The van der Waals surface area contributed by atoms with Crippen LogP contribution in [0.15, 0.2) is 36.7 Å². The van der Waals surface area contributed by atoms with E-state index in [0.29, 0.717) is 6.54 Å². The lowest BCUT2D eigenvalue weighted by molar-refractivity contribution is 0.206. The zero-order valence-corrected chi connectivity index (χ0v) is 12.7. The first-order valence-electron chi connectivity index (χ1n) is 7.27. The molecule has 0 bridgehead atoms. The summed E-state index contributed by atoms with van der Waals surface area (Å²) in [5.74, 6) is 0.0533. The molecule has 2 aromatic rings. The highest BCUT2D eigenvalue weighted by Crippen LogP contribution is 2.40. The van der Waals surface area contributed by atoms with Crippen molar-refractivity contribution in [2.24, 2.45) is 7.05 Å². The average Bonchev–Trinajstić information content (AvgIpc) is 3.13. The van der Waals surface area contributed by atoms with Crippen molar-refractivity contribution in [2.75, 3.05) is 7.05 Å². The molecule has 2 amide bonds. The Balaban J connectivity index is 1.51. The van der Waals surface area contributed by atoms with Crippen LogP contribution in [-0.2, 0) is 13.6 Å². The second kappa shape index (κ2) is 5.79. The lowest BCUT2D eigenvalue weighted by Crippen LogP contribution is -2.38. The fourth-order valence-electron chi connectivity index (χ4n) is 2.60. The standard InChI is InChI=1S/C16H19FN4O/c1-20(9-11-8-18-21(2)10-11)16(22)19-15-7-14(15)12-3-5-13(17)6-4-12/h3-6,8,10,14-15H,7,9H2,1-2H3,(H,19,22)/t14-,15+/m0/s1. The molecule has 1 N–H and O–H groups in total. The van der Waals surface area contributed by atoms with Gasteiger partial charge in [0.05, 0.1) is 12.7 Å². The highest BCUT2D eigenvalue weighted by Gasteiger charge is 2.39. The third-order valence-corrected chi connectivity index (χ3v) is 3.92. The van der Waals surface area contributed by atoms with Crippen LogP contribution in [0.5, 0.6) is 0 Å². The molecular weight excluding hydrogens is 283 g/mol. The number of carbonyl (C=O) groups excluding carboxylic acids is 1. The average molecular weight is 302 g/mol. The van der Waals surface area contributed by atoms with Crippen molar-refractivity contribution >= 4 is 6.03 Å². The molecule has 5 nitrogen and oxygen atoms in total. The van der Waals surface area contributed by atoms with Gasteiger partial charge in [0.1, 0.15) is 5.82 Å². The first-order valence-corrected chi connectivity index (χ1v) is 7.27. The van der Waals surface area contributed by atoms with Gasteiger partial charge in [-0.05, 0) is 24.1 Å². The third kappa shape index (κ3) is 3.27. The number of halogens is 1. The van der Waals surface area contributed by atoms with Crippen LogP contribution in [0.2, 0.25) is 0 Å². The second-order valence-electron chi connectivity index (χ2n) is 5.83. The quantitative estimate of drug-likeness (QED) is 0.942. The number of hydrogen-bond donors (Lipinski definition) is 1. The second-order valence-corrected chi connectivity index (χ2v) is 5.83. The van der Waals surface area contributed by atoms with Crippen LogP contribution >= 0.6 is 0 Å². The summed E-state index contributed by atoms with van der Waals surface area (Å²) in [5, 5.41) is 7.10.